The van der Waals surface area contributed by atoms with Gasteiger partial charge in [0.15, 0.2) is 11.6 Å². The summed E-state index contributed by atoms with van der Waals surface area (Å²) in [5.74, 6) is -0.864. The highest BCUT2D eigenvalue weighted by molar-refractivity contribution is 7.99. The molecule has 1 N–H and O–H groups in total. The van der Waals surface area contributed by atoms with Gasteiger partial charge in [0, 0.05) is 30.6 Å². The summed E-state index contributed by atoms with van der Waals surface area (Å²) in [6.07, 6.45) is 0.0800. The number of thioether (sulfide) groups is 1. The fourth-order valence-corrected chi connectivity index (χ4v) is 3.29. The van der Waals surface area contributed by atoms with Gasteiger partial charge < -0.3 is 5.11 Å². The van der Waals surface area contributed by atoms with E-state index >= 15 is 0 Å². The monoisotopic (exact) mass is 287 g/mol. The highest BCUT2D eigenvalue weighted by atomic mass is 32.2. The van der Waals surface area contributed by atoms with Gasteiger partial charge in [-0.15, -0.1) is 0 Å². The van der Waals surface area contributed by atoms with E-state index in [1.54, 1.807) is 11.8 Å². The van der Waals surface area contributed by atoms with Crippen LogP contribution in [-0.2, 0) is 11.3 Å². The van der Waals surface area contributed by atoms with Crippen molar-refractivity contribution in [1.82, 2.24) is 4.90 Å². The predicted octanol–water partition coefficient (Wildman–Crippen LogP) is 2.36. The van der Waals surface area contributed by atoms with Crippen LogP contribution < -0.4 is 0 Å². The molecule has 104 valence electrons. The molecule has 0 amide bonds. The Balaban J connectivity index is 2.06. The van der Waals surface area contributed by atoms with Crippen LogP contribution in [0.3, 0.4) is 0 Å². The van der Waals surface area contributed by atoms with E-state index in [4.69, 9.17) is 5.11 Å². The van der Waals surface area contributed by atoms with Crippen LogP contribution in [0.25, 0.3) is 0 Å². The Hall–Kier alpha value is -1.14. The molecule has 1 aromatic carbocycles. The molecular formula is C13H15F2NO2S. The summed E-state index contributed by atoms with van der Waals surface area (Å²) in [5.41, 5.74) is 0.668. The summed E-state index contributed by atoms with van der Waals surface area (Å²) >= 11 is 1.73. The molecular weight excluding hydrogens is 272 g/mol. The van der Waals surface area contributed by atoms with E-state index < -0.39 is 17.6 Å². The summed E-state index contributed by atoms with van der Waals surface area (Å²) in [6.45, 7) is 1.22. The normalized spacial score (nSPS) is 20.4. The van der Waals surface area contributed by atoms with E-state index in [0.717, 1.165) is 24.1 Å². The fraction of sp³-hybridized carbons (Fsp3) is 0.462. The number of aliphatic carboxylic acids is 1. The number of carboxylic acid groups (broad SMARTS) is 1. The third kappa shape index (κ3) is 3.91. The summed E-state index contributed by atoms with van der Waals surface area (Å²) < 4.78 is 26.0. The van der Waals surface area contributed by atoms with Gasteiger partial charge in [-0.05, 0) is 17.7 Å². The predicted molar refractivity (Wildman–Crippen MR) is 70.1 cm³/mol. The zero-order valence-corrected chi connectivity index (χ0v) is 11.1. The lowest BCUT2D eigenvalue weighted by Crippen LogP contribution is -2.42. The van der Waals surface area contributed by atoms with E-state index in [-0.39, 0.29) is 12.5 Å². The summed E-state index contributed by atoms with van der Waals surface area (Å²) in [7, 11) is 0. The van der Waals surface area contributed by atoms with E-state index in [1.807, 2.05) is 4.90 Å². The highest BCUT2D eigenvalue weighted by Gasteiger charge is 2.25. The molecule has 1 unspecified atom stereocenters. The minimum Gasteiger partial charge on any atom is -0.481 e. The SMILES string of the molecule is O=C(O)CC1CSCCN1Cc1ccc(F)c(F)c1. The minimum absolute atomic E-state index is 0.0515. The molecule has 1 saturated heterocycles. The molecule has 0 saturated carbocycles. The molecule has 0 radical (unpaired) electrons. The van der Waals surface area contributed by atoms with Crippen molar-refractivity contribution in [2.75, 3.05) is 18.1 Å². The zero-order valence-electron chi connectivity index (χ0n) is 10.3. The molecule has 1 aromatic rings. The molecule has 0 aliphatic carbocycles. The molecule has 0 bridgehead atoms. The van der Waals surface area contributed by atoms with Gasteiger partial charge in [0.1, 0.15) is 0 Å². The lowest BCUT2D eigenvalue weighted by molar-refractivity contribution is -0.138. The lowest BCUT2D eigenvalue weighted by atomic mass is 10.1. The van der Waals surface area contributed by atoms with Gasteiger partial charge in [0.05, 0.1) is 6.42 Å². The van der Waals surface area contributed by atoms with Crippen molar-refractivity contribution >= 4 is 17.7 Å². The van der Waals surface area contributed by atoms with Gasteiger partial charge in [-0.25, -0.2) is 8.78 Å². The van der Waals surface area contributed by atoms with E-state index in [2.05, 4.69) is 0 Å². The number of hydrogen-bond acceptors (Lipinski definition) is 3. The van der Waals surface area contributed by atoms with Gasteiger partial charge in [0.25, 0.3) is 0 Å². The number of rotatable bonds is 4. The van der Waals surface area contributed by atoms with Crippen molar-refractivity contribution in [3.63, 3.8) is 0 Å². The molecule has 19 heavy (non-hydrogen) atoms. The van der Waals surface area contributed by atoms with Gasteiger partial charge in [-0.3, -0.25) is 9.69 Å². The van der Waals surface area contributed by atoms with Crippen LogP contribution in [0, 0.1) is 11.6 Å². The molecule has 1 fully saturated rings. The summed E-state index contributed by atoms with van der Waals surface area (Å²) in [6, 6.07) is 3.77. The maximum Gasteiger partial charge on any atom is 0.304 e. The average Bonchev–Trinajstić information content (AvgIpc) is 2.36. The average molecular weight is 287 g/mol. The van der Waals surface area contributed by atoms with E-state index in [0.29, 0.717) is 12.1 Å². The quantitative estimate of drug-likeness (QED) is 0.923. The van der Waals surface area contributed by atoms with Crippen LogP contribution in [-0.4, -0.2) is 40.1 Å². The minimum atomic E-state index is -0.862. The van der Waals surface area contributed by atoms with Gasteiger partial charge >= 0.3 is 5.97 Å². The Morgan fingerprint density at radius 1 is 1.42 bits per heavy atom. The molecule has 1 heterocycles. The second kappa shape index (κ2) is 6.34. The van der Waals surface area contributed by atoms with Gasteiger partial charge in [0.2, 0.25) is 0 Å². The van der Waals surface area contributed by atoms with Crippen LogP contribution in [0.5, 0.6) is 0 Å². The third-order valence-electron chi connectivity index (χ3n) is 3.13. The largest absolute Gasteiger partial charge is 0.481 e. The maximum atomic E-state index is 13.1. The third-order valence-corrected chi connectivity index (χ3v) is 4.22. The second-order valence-corrected chi connectivity index (χ2v) is 5.70. The molecule has 0 spiro atoms. The van der Waals surface area contributed by atoms with Crippen LogP contribution in [0.2, 0.25) is 0 Å². The van der Waals surface area contributed by atoms with E-state index in [1.165, 1.54) is 12.1 Å². The number of carboxylic acids is 1. The molecule has 0 aromatic heterocycles. The first-order valence-electron chi connectivity index (χ1n) is 6.04. The maximum absolute atomic E-state index is 13.1. The zero-order chi connectivity index (χ0) is 13.8. The van der Waals surface area contributed by atoms with Gasteiger partial charge in [-0.2, -0.15) is 11.8 Å². The Morgan fingerprint density at radius 3 is 2.89 bits per heavy atom. The van der Waals surface area contributed by atoms with Crippen LogP contribution in [0.1, 0.15) is 12.0 Å². The number of halogens is 2. The van der Waals surface area contributed by atoms with Crippen molar-refractivity contribution < 1.29 is 18.7 Å². The number of carbonyl (C=O) groups is 1. The first-order valence-corrected chi connectivity index (χ1v) is 7.19. The summed E-state index contributed by atoms with van der Waals surface area (Å²) in [5, 5.41) is 8.88. The Morgan fingerprint density at radius 2 is 2.21 bits per heavy atom. The first kappa shape index (κ1) is 14.3. The second-order valence-electron chi connectivity index (χ2n) is 4.55. The number of hydrogen-bond donors (Lipinski definition) is 1. The van der Waals surface area contributed by atoms with Crippen molar-refractivity contribution in [3.05, 3.63) is 35.4 Å². The van der Waals surface area contributed by atoms with Crippen molar-refractivity contribution in [3.8, 4) is 0 Å². The molecule has 1 aliphatic rings. The Kier molecular flexibility index (Phi) is 4.76. The van der Waals surface area contributed by atoms with E-state index in [9.17, 15) is 13.6 Å². The highest BCUT2D eigenvalue weighted by Crippen LogP contribution is 2.21. The van der Waals surface area contributed by atoms with Crippen LogP contribution >= 0.6 is 11.8 Å². The van der Waals surface area contributed by atoms with Crippen LogP contribution in [0.4, 0.5) is 8.78 Å². The number of benzene rings is 1. The first-order chi connectivity index (χ1) is 9.06. The smallest absolute Gasteiger partial charge is 0.304 e. The Bertz CT molecular complexity index is 470. The molecule has 1 aliphatic heterocycles. The lowest BCUT2D eigenvalue weighted by Gasteiger charge is -2.34. The molecule has 2 rings (SSSR count). The van der Waals surface area contributed by atoms with Gasteiger partial charge in [-0.1, -0.05) is 6.07 Å². The fourth-order valence-electron chi connectivity index (χ4n) is 2.16. The number of nitrogens with zero attached hydrogens (tertiary/aromatic N) is 1. The van der Waals surface area contributed by atoms with Crippen LogP contribution in [0.15, 0.2) is 18.2 Å². The topological polar surface area (TPSA) is 40.5 Å². The molecule has 6 heteroatoms. The van der Waals surface area contributed by atoms with Crippen molar-refractivity contribution in [2.24, 2.45) is 0 Å². The van der Waals surface area contributed by atoms with Crippen molar-refractivity contribution in [1.29, 1.82) is 0 Å². The Labute approximate surface area is 114 Å². The molecule has 1 atom stereocenters. The standard InChI is InChI=1S/C13H15F2NO2S/c14-11-2-1-9(5-12(11)15)7-16-3-4-19-8-10(16)6-13(17)18/h1-2,5,10H,3-4,6-8H2,(H,17,18). The molecule has 3 nitrogen and oxygen atoms in total. The summed E-state index contributed by atoms with van der Waals surface area (Å²) in [4.78, 5) is 12.8. The van der Waals surface area contributed by atoms with Crippen molar-refractivity contribution in [2.45, 2.75) is 19.0 Å².